The van der Waals surface area contributed by atoms with Crippen LogP contribution < -0.4 is 10.3 Å². The highest BCUT2D eigenvalue weighted by Crippen LogP contribution is 2.35. The van der Waals surface area contributed by atoms with Gasteiger partial charge in [0.25, 0.3) is 10.0 Å². The third-order valence-electron chi connectivity index (χ3n) is 5.63. The molecule has 0 saturated carbocycles. The smallest absolute Gasteiger partial charge is 0.257 e. The van der Waals surface area contributed by atoms with Crippen LogP contribution in [0, 0.1) is 6.92 Å². The van der Waals surface area contributed by atoms with E-state index in [1.807, 2.05) is 31.2 Å². The highest BCUT2D eigenvalue weighted by molar-refractivity contribution is 7.89. The van der Waals surface area contributed by atoms with E-state index in [9.17, 15) is 8.42 Å². The Kier molecular flexibility index (Phi) is 6.10. The van der Waals surface area contributed by atoms with Crippen molar-refractivity contribution in [1.29, 1.82) is 0 Å². The molecule has 3 aromatic carbocycles. The first-order valence-electron chi connectivity index (χ1n) is 10.4. The molecule has 0 bridgehead atoms. The van der Waals surface area contributed by atoms with Crippen LogP contribution in [0.25, 0.3) is 16.5 Å². The lowest BCUT2D eigenvalue weighted by Crippen LogP contribution is -2.36. The topological polar surface area (TPSA) is 58.2 Å². The molecule has 0 spiro atoms. The Bertz CT molecular complexity index is 1300. The molecule has 31 heavy (non-hydrogen) atoms. The predicted octanol–water partition coefficient (Wildman–Crippen LogP) is 5.19. The van der Waals surface area contributed by atoms with Crippen molar-refractivity contribution in [2.45, 2.75) is 37.5 Å². The van der Waals surface area contributed by atoms with Crippen molar-refractivity contribution < 1.29 is 8.42 Å². The Morgan fingerprint density at radius 2 is 1.90 bits per heavy atom. The molecule has 0 saturated heterocycles. The Balaban J connectivity index is 1.76. The molecule has 3 aromatic rings. The molecule has 5 heteroatoms. The molecule has 1 aliphatic carbocycles. The molecular weight excluding hydrogens is 404 g/mol. The van der Waals surface area contributed by atoms with Crippen LogP contribution in [0.4, 0.5) is 0 Å². The van der Waals surface area contributed by atoms with Gasteiger partial charge in [-0.3, -0.25) is 0 Å². The SMILES string of the molecule is C=C=CC/C=C(\NNS(=O)(=O)c1ccc(C)cc1)c1c2c(cc3ccccc13)CCC2. The second-order valence-corrected chi connectivity index (χ2v) is 9.45. The lowest BCUT2D eigenvalue weighted by molar-refractivity contribution is 0.576. The highest BCUT2D eigenvalue weighted by Gasteiger charge is 2.21. The fourth-order valence-corrected chi connectivity index (χ4v) is 4.95. The summed E-state index contributed by atoms with van der Waals surface area (Å²) < 4.78 is 25.8. The van der Waals surface area contributed by atoms with Gasteiger partial charge in [0.2, 0.25) is 0 Å². The maximum absolute atomic E-state index is 12.9. The summed E-state index contributed by atoms with van der Waals surface area (Å²) in [5.74, 6) is 0. The number of rotatable bonds is 7. The lowest BCUT2D eigenvalue weighted by Gasteiger charge is -2.19. The average Bonchev–Trinajstić information content (AvgIpc) is 3.23. The molecule has 0 heterocycles. The molecule has 2 N–H and O–H groups in total. The minimum atomic E-state index is -3.72. The summed E-state index contributed by atoms with van der Waals surface area (Å²) in [6.45, 7) is 5.56. The van der Waals surface area contributed by atoms with Crippen LogP contribution in [0.1, 0.15) is 35.1 Å². The van der Waals surface area contributed by atoms with Crippen molar-refractivity contribution >= 4 is 26.5 Å². The number of benzene rings is 3. The molecule has 0 aliphatic heterocycles. The molecule has 0 unspecified atom stereocenters. The van der Waals surface area contributed by atoms with E-state index in [1.54, 1.807) is 24.3 Å². The van der Waals surface area contributed by atoms with Crippen LogP contribution in [-0.2, 0) is 22.9 Å². The zero-order valence-corrected chi connectivity index (χ0v) is 18.4. The van der Waals surface area contributed by atoms with E-state index < -0.39 is 10.0 Å². The number of aryl methyl sites for hydroxylation is 2. The second kappa shape index (κ2) is 8.94. The van der Waals surface area contributed by atoms with Crippen molar-refractivity contribution in [3.8, 4) is 0 Å². The average molecular weight is 431 g/mol. The van der Waals surface area contributed by atoms with E-state index >= 15 is 0 Å². The first-order chi connectivity index (χ1) is 15.0. The minimum absolute atomic E-state index is 0.221. The summed E-state index contributed by atoms with van der Waals surface area (Å²) in [5.41, 5.74) is 11.2. The summed E-state index contributed by atoms with van der Waals surface area (Å²) in [6, 6.07) is 17.3. The maximum atomic E-state index is 12.9. The van der Waals surface area contributed by atoms with Crippen molar-refractivity contribution in [3.63, 3.8) is 0 Å². The maximum Gasteiger partial charge on any atom is 0.257 e. The van der Waals surface area contributed by atoms with Crippen LogP contribution in [-0.4, -0.2) is 8.42 Å². The summed E-state index contributed by atoms with van der Waals surface area (Å²) in [4.78, 5) is 2.80. The van der Waals surface area contributed by atoms with Gasteiger partial charge >= 0.3 is 0 Å². The van der Waals surface area contributed by atoms with Crippen molar-refractivity contribution in [2.24, 2.45) is 0 Å². The summed E-state index contributed by atoms with van der Waals surface area (Å²) in [7, 11) is -3.72. The minimum Gasteiger partial charge on any atom is -0.308 e. The monoisotopic (exact) mass is 430 g/mol. The van der Waals surface area contributed by atoms with E-state index in [0.717, 1.165) is 46.9 Å². The van der Waals surface area contributed by atoms with Gasteiger partial charge < -0.3 is 5.43 Å². The Morgan fingerprint density at radius 3 is 2.68 bits per heavy atom. The van der Waals surface area contributed by atoms with Gasteiger partial charge in [-0.15, -0.1) is 10.6 Å². The first kappa shape index (κ1) is 21.1. The van der Waals surface area contributed by atoms with Crippen LogP contribution >= 0.6 is 0 Å². The number of hydrogen-bond donors (Lipinski definition) is 2. The summed E-state index contributed by atoms with van der Waals surface area (Å²) in [5, 5.41) is 2.27. The van der Waals surface area contributed by atoms with Crippen molar-refractivity contribution in [2.75, 3.05) is 0 Å². The Hall–Kier alpha value is -3.11. The number of allylic oxidation sites excluding steroid dienone is 2. The standard InChI is InChI=1S/C26H26N2O2S/c1-3-4-5-13-25(27-28-31(29,30)22-16-14-19(2)15-17-22)26-23-11-7-6-9-20(23)18-21-10-8-12-24(21)26/h4,6-7,9,11,13-18,27-28H,1,5,8,10,12H2,2H3/b25-13-. The molecule has 158 valence electrons. The predicted molar refractivity (Wildman–Crippen MR) is 127 cm³/mol. The van der Waals surface area contributed by atoms with E-state index in [-0.39, 0.29) is 4.90 Å². The molecule has 0 fully saturated rings. The van der Waals surface area contributed by atoms with Crippen LogP contribution in [0.3, 0.4) is 0 Å². The van der Waals surface area contributed by atoms with E-state index in [2.05, 4.69) is 40.8 Å². The van der Waals surface area contributed by atoms with Gasteiger partial charge in [-0.2, -0.15) is 0 Å². The highest BCUT2D eigenvalue weighted by atomic mass is 32.2. The van der Waals surface area contributed by atoms with E-state index in [4.69, 9.17) is 0 Å². The number of hydrazine groups is 1. The van der Waals surface area contributed by atoms with Crippen molar-refractivity contribution in [3.05, 3.63) is 101 Å². The van der Waals surface area contributed by atoms with Gasteiger partial charge in [0, 0.05) is 5.56 Å². The molecule has 0 atom stereocenters. The zero-order chi connectivity index (χ0) is 21.8. The fourth-order valence-electron chi connectivity index (χ4n) is 4.09. The van der Waals surface area contributed by atoms with E-state index in [1.165, 1.54) is 11.1 Å². The van der Waals surface area contributed by atoms with Gasteiger partial charge in [0.05, 0.1) is 10.6 Å². The zero-order valence-electron chi connectivity index (χ0n) is 17.6. The van der Waals surface area contributed by atoms with Gasteiger partial charge in [0.1, 0.15) is 0 Å². The molecule has 0 radical (unpaired) electrons. The largest absolute Gasteiger partial charge is 0.308 e. The van der Waals surface area contributed by atoms with Crippen molar-refractivity contribution in [1.82, 2.24) is 10.3 Å². The fraction of sp³-hybridized carbons (Fsp3) is 0.192. The number of hydrogen-bond acceptors (Lipinski definition) is 3. The number of nitrogens with one attached hydrogen (secondary N) is 2. The third kappa shape index (κ3) is 4.49. The van der Waals surface area contributed by atoms with Crippen LogP contribution in [0.15, 0.2) is 84.0 Å². The Labute approximate surface area is 184 Å². The first-order valence-corrected chi connectivity index (χ1v) is 11.9. The normalized spacial score (nSPS) is 13.6. The molecule has 1 aliphatic rings. The summed E-state index contributed by atoms with van der Waals surface area (Å²) in [6.07, 6.45) is 7.53. The molecule has 0 aromatic heterocycles. The second-order valence-electron chi connectivity index (χ2n) is 7.77. The quantitative estimate of drug-likeness (QED) is 0.400. The molecular formula is C26H26N2O2S. The molecule has 4 rings (SSSR count). The number of sulfonamides is 1. The number of fused-ring (bicyclic) bond motifs is 2. The van der Waals surface area contributed by atoms with Crippen LogP contribution in [0.2, 0.25) is 0 Å². The Morgan fingerprint density at radius 1 is 1.13 bits per heavy atom. The van der Waals surface area contributed by atoms with Gasteiger partial charge in [-0.25, -0.2) is 8.42 Å². The third-order valence-corrected chi connectivity index (χ3v) is 6.89. The molecule has 0 amide bonds. The lowest BCUT2D eigenvalue weighted by atomic mass is 9.93. The van der Waals surface area contributed by atoms with Gasteiger partial charge in [-0.05, 0) is 72.7 Å². The molecule has 4 nitrogen and oxygen atoms in total. The summed E-state index contributed by atoms with van der Waals surface area (Å²) >= 11 is 0. The van der Waals surface area contributed by atoms with Gasteiger partial charge in [0.15, 0.2) is 0 Å². The van der Waals surface area contributed by atoms with Crippen LogP contribution in [0.5, 0.6) is 0 Å². The van der Waals surface area contributed by atoms with Gasteiger partial charge in [-0.1, -0.05) is 60.7 Å². The van der Waals surface area contributed by atoms with E-state index in [0.29, 0.717) is 6.42 Å².